The van der Waals surface area contributed by atoms with E-state index in [9.17, 15) is 13.2 Å². The van der Waals surface area contributed by atoms with Crippen LogP contribution in [0.15, 0.2) is 78.0 Å². The Labute approximate surface area is 134 Å². The predicted molar refractivity (Wildman–Crippen MR) is 85.2 cm³/mol. The standard InChI is InChI=1S/C14H12O3S.C2H3N3/c15-14(11-12-7-3-1-4-8-12)18(16,17)13-9-5-2-6-10-13;1-2-4-5-3-1/h1-10H,11H2;1-2H,(H,3,4,5). The molecule has 0 fully saturated rings. The lowest BCUT2D eigenvalue weighted by Gasteiger charge is -2.03. The van der Waals surface area contributed by atoms with Crippen LogP contribution < -0.4 is 0 Å². The maximum absolute atomic E-state index is 12.0. The quantitative estimate of drug-likeness (QED) is 0.793. The summed E-state index contributed by atoms with van der Waals surface area (Å²) in [6.45, 7) is 0. The summed E-state index contributed by atoms with van der Waals surface area (Å²) in [5.74, 6) is 0. The molecule has 3 aromatic rings. The molecule has 1 heterocycles. The van der Waals surface area contributed by atoms with Crippen LogP contribution in [-0.4, -0.2) is 28.9 Å². The number of benzene rings is 2. The van der Waals surface area contributed by atoms with Crippen LogP contribution >= 0.6 is 0 Å². The van der Waals surface area contributed by atoms with Gasteiger partial charge < -0.3 is 0 Å². The van der Waals surface area contributed by atoms with Gasteiger partial charge in [0, 0.05) is 6.42 Å². The van der Waals surface area contributed by atoms with Gasteiger partial charge in [-0.15, -0.1) is 0 Å². The summed E-state index contributed by atoms with van der Waals surface area (Å²) >= 11 is 0. The molecule has 1 N–H and O–H groups in total. The second-order valence-electron chi connectivity index (χ2n) is 4.51. The monoisotopic (exact) mass is 329 g/mol. The first-order chi connectivity index (χ1) is 11.1. The number of aromatic amines is 1. The Kier molecular flexibility index (Phi) is 5.76. The van der Waals surface area contributed by atoms with Gasteiger partial charge in [0.15, 0.2) is 0 Å². The number of nitrogens with one attached hydrogen (secondary N) is 1. The fraction of sp³-hybridized carbons (Fsp3) is 0.0625. The number of sulfone groups is 1. The van der Waals surface area contributed by atoms with Crippen LogP contribution in [0, 0.1) is 0 Å². The number of carbonyl (C=O) groups excluding carboxylic acids is 1. The van der Waals surface area contributed by atoms with E-state index >= 15 is 0 Å². The van der Waals surface area contributed by atoms with Gasteiger partial charge in [0.1, 0.15) is 0 Å². The minimum Gasteiger partial charge on any atom is -0.281 e. The first-order valence-electron chi connectivity index (χ1n) is 6.77. The lowest BCUT2D eigenvalue weighted by molar-refractivity contribution is -0.111. The van der Waals surface area contributed by atoms with Crippen LogP contribution in [0.25, 0.3) is 0 Å². The van der Waals surface area contributed by atoms with Crippen LogP contribution in [0.5, 0.6) is 0 Å². The minimum absolute atomic E-state index is 0.0472. The molecule has 118 valence electrons. The van der Waals surface area contributed by atoms with Crippen LogP contribution in [0.2, 0.25) is 0 Å². The molecule has 0 aliphatic carbocycles. The molecule has 0 amide bonds. The molecule has 6 nitrogen and oxygen atoms in total. The van der Waals surface area contributed by atoms with E-state index in [4.69, 9.17) is 0 Å². The fourth-order valence-electron chi connectivity index (χ4n) is 1.76. The highest BCUT2D eigenvalue weighted by Gasteiger charge is 2.24. The molecule has 0 spiro atoms. The third-order valence-electron chi connectivity index (χ3n) is 2.88. The van der Waals surface area contributed by atoms with Gasteiger partial charge in [-0.3, -0.25) is 4.79 Å². The van der Waals surface area contributed by atoms with Crippen molar-refractivity contribution in [3.8, 4) is 0 Å². The second kappa shape index (κ2) is 8.00. The Morgan fingerprint density at radius 2 is 1.39 bits per heavy atom. The zero-order valence-corrected chi connectivity index (χ0v) is 13.0. The SMILES string of the molecule is O=C(Cc1ccccc1)S(=O)(=O)c1ccccc1.c1cn[nH]n1. The molecule has 0 saturated carbocycles. The Morgan fingerprint density at radius 1 is 0.870 bits per heavy atom. The molecule has 0 aliphatic rings. The zero-order valence-electron chi connectivity index (χ0n) is 12.2. The number of hydrogen-bond acceptors (Lipinski definition) is 5. The molecular weight excluding hydrogens is 314 g/mol. The van der Waals surface area contributed by atoms with Gasteiger partial charge in [-0.25, -0.2) is 8.42 Å². The van der Waals surface area contributed by atoms with Gasteiger partial charge >= 0.3 is 0 Å². The van der Waals surface area contributed by atoms with Crippen LogP contribution in [-0.2, 0) is 21.1 Å². The maximum atomic E-state index is 12.0. The first-order valence-corrected chi connectivity index (χ1v) is 8.25. The third-order valence-corrected chi connectivity index (χ3v) is 4.51. The number of H-pyrrole nitrogens is 1. The lowest BCUT2D eigenvalue weighted by atomic mass is 10.2. The molecule has 0 bridgehead atoms. The van der Waals surface area contributed by atoms with Crippen molar-refractivity contribution in [2.45, 2.75) is 11.3 Å². The summed E-state index contributed by atoms with van der Waals surface area (Å²) in [5, 5.41) is 8.56. The lowest BCUT2D eigenvalue weighted by Crippen LogP contribution is -2.17. The second-order valence-corrected chi connectivity index (χ2v) is 6.44. The highest BCUT2D eigenvalue weighted by atomic mass is 32.2. The predicted octanol–water partition coefficient (Wildman–Crippen LogP) is 2.03. The van der Waals surface area contributed by atoms with Crippen molar-refractivity contribution in [2.75, 3.05) is 0 Å². The molecule has 0 saturated heterocycles. The molecule has 3 rings (SSSR count). The Morgan fingerprint density at radius 3 is 1.87 bits per heavy atom. The van der Waals surface area contributed by atoms with Gasteiger partial charge in [-0.2, -0.15) is 15.4 Å². The van der Waals surface area contributed by atoms with Gasteiger partial charge in [-0.1, -0.05) is 48.5 Å². The van der Waals surface area contributed by atoms with E-state index in [2.05, 4.69) is 15.4 Å². The van der Waals surface area contributed by atoms with Crippen molar-refractivity contribution in [1.29, 1.82) is 0 Å². The molecule has 0 aliphatic heterocycles. The van der Waals surface area contributed by atoms with E-state index in [1.54, 1.807) is 54.9 Å². The van der Waals surface area contributed by atoms with E-state index in [0.29, 0.717) is 5.56 Å². The number of nitrogens with zero attached hydrogens (tertiary/aromatic N) is 2. The number of hydrogen-bond donors (Lipinski definition) is 1. The topological polar surface area (TPSA) is 92.8 Å². The molecule has 0 radical (unpaired) electrons. The van der Waals surface area contributed by atoms with Gasteiger partial charge in [0.25, 0.3) is 5.12 Å². The number of aromatic nitrogens is 3. The van der Waals surface area contributed by atoms with E-state index < -0.39 is 15.0 Å². The van der Waals surface area contributed by atoms with Gasteiger partial charge in [0.2, 0.25) is 9.84 Å². The molecule has 0 unspecified atom stereocenters. The summed E-state index contributed by atoms with van der Waals surface area (Å²) in [4.78, 5) is 11.9. The molecule has 23 heavy (non-hydrogen) atoms. The number of rotatable bonds is 3. The minimum atomic E-state index is -3.88. The van der Waals surface area contributed by atoms with Gasteiger partial charge in [-0.05, 0) is 17.7 Å². The van der Waals surface area contributed by atoms with Gasteiger partial charge in [0.05, 0.1) is 17.3 Å². The third kappa shape index (κ3) is 4.86. The van der Waals surface area contributed by atoms with Crippen molar-refractivity contribution in [1.82, 2.24) is 15.4 Å². The molecular formula is C16H15N3O3S. The summed E-state index contributed by atoms with van der Waals surface area (Å²) in [7, 11) is -3.88. The normalized spacial score (nSPS) is 10.4. The summed E-state index contributed by atoms with van der Waals surface area (Å²) in [6, 6.07) is 16.6. The molecule has 7 heteroatoms. The Balaban J connectivity index is 0.000000326. The maximum Gasteiger partial charge on any atom is 0.255 e. The zero-order chi connectivity index (χ0) is 16.5. The largest absolute Gasteiger partial charge is 0.281 e. The highest BCUT2D eigenvalue weighted by molar-refractivity contribution is 8.06. The Bertz CT molecular complexity index is 800. The average molecular weight is 329 g/mol. The van der Waals surface area contributed by atoms with Crippen molar-refractivity contribution >= 4 is 15.0 Å². The van der Waals surface area contributed by atoms with Crippen molar-refractivity contribution < 1.29 is 13.2 Å². The van der Waals surface area contributed by atoms with Crippen molar-refractivity contribution in [3.05, 3.63) is 78.6 Å². The number of carbonyl (C=O) groups is 1. The van der Waals surface area contributed by atoms with E-state index in [0.717, 1.165) is 0 Å². The summed E-state index contributed by atoms with van der Waals surface area (Å²) < 4.78 is 24.0. The van der Waals surface area contributed by atoms with Crippen molar-refractivity contribution in [2.24, 2.45) is 0 Å². The van der Waals surface area contributed by atoms with Crippen LogP contribution in [0.4, 0.5) is 0 Å². The molecule has 1 aromatic heterocycles. The molecule has 2 aromatic carbocycles. The average Bonchev–Trinajstić information content (AvgIpc) is 3.16. The van der Waals surface area contributed by atoms with E-state index in [1.807, 2.05) is 6.07 Å². The summed E-state index contributed by atoms with van der Waals surface area (Å²) in [6.07, 6.45) is 3.07. The van der Waals surface area contributed by atoms with Crippen molar-refractivity contribution in [3.63, 3.8) is 0 Å². The van der Waals surface area contributed by atoms with E-state index in [-0.39, 0.29) is 11.3 Å². The highest BCUT2D eigenvalue weighted by Crippen LogP contribution is 2.13. The summed E-state index contributed by atoms with van der Waals surface area (Å²) in [5.41, 5.74) is 0.696. The fourth-order valence-corrected chi connectivity index (χ4v) is 2.89. The smallest absolute Gasteiger partial charge is 0.255 e. The Hall–Kier alpha value is -2.80. The van der Waals surface area contributed by atoms with Crippen LogP contribution in [0.3, 0.4) is 0 Å². The van der Waals surface area contributed by atoms with Crippen LogP contribution in [0.1, 0.15) is 5.56 Å². The van der Waals surface area contributed by atoms with E-state index in [1.165, 1.54) is 12.1 Å². The molecule has 0 atom stereocenters. The first kappa shape index (κ1) is 16.6.